The Morgan fingerprint density at radius 2 is 1.77 bits per heavy atom. The number of carbonyl (C=O) groups is 1. The van der Waals surface area contributed by atoms with E-state index in [1.54, 1.807) is 0 Å². The second-order valence-electron chi connectivity index (χ2n) is 7.04. The van der Waals surface area contributed by atoms with Crippen LogP contribution in [0.2, 0.25) is 0 Å². The van der Waals surface area contributed by atoms with Crippen LogP contribution in [0.4, 0.5) is 5.69 Å². The first-order valence-corrected chi connectivity index (χ1v) is 10.2. The topological polar surface area (TPSA) is 93.9 Å². The van der Waals surface area contributed by atoms with E-state index in [1.807, 2.05) is 18.2 Å². The molecular weight excluding hydrogens is 386 g/mol. The quantitative estimate of drug-likeness (QED) is 0.502. The van der Waals surface area contributed by atoms with Gasteiger partial charge in [-0.25, -0.2) is 0 Å². The molecule has 1 heterocycles. The predicted octanol–water partition coefficient (Wildman–Crippen LogP) is 3.05. The third-order valence-corrected chi connectivity index (χ3v) is 5.24. The molecule has 0 spiro atoms. The first-order valence-electron chi connectivity index (χ1n) is 10.2. The van der Waals surface area contributed by atoms with Crippen molar-refractivity contribution >= 4 is 11.6 Å². The summed E-state index contributed by atoms with van der Waals surface area (Å²) >= 11 is 0. The maximum Gasteiger partial charge on any atom is 0.286 e. The number of ether oxygens (including phenoxy) is 2. The molecule has 1 atom stereocenters. The number of nitro benzene ring substituents is 1. The number of rotatable bonds is 9. The van der Waals surface area contributed by atoms with E-state index in [-0.39, 0.29) is 23.0 Å². The van der Waals surface area contributed by atoms with Crippen LogP contribution in [0.25, 0.3) is 0 Å². The van der Waals surface area contributed by atoms with Gasteiger partial charge in [-0.05, 0) is 25.1 Å². The van der Waals surface area contributed by atoms with E-state index in [2.05, 4.69) is 36.2 Å². The maximum absolute atomic E-state index is 12.9. The van der Waals surface area contributed by atoms with Gasteiger partial charge in [0, 0.05) is 18.7 Å². The lowest BCUT2D eigenvalue weighted by atomic mass is 10.0. The summed E-state index contributed by atoms with van der Waals surface area (Å²) in [6.07, 6.45) is 0.770. The molecule has 0 fully saturated rings. The third kappa shape index (κ3) is 5.07. The van der Waals surface area contributed by atoms with Crippen molar-refractivity contribution in [1.82, 2.24) is 10.2 Å². The summed E-state index contributed by atoms with van der Waals surface area (Å²) in [5, 5.41) is 14.4. The molecule has 1 unspecified atom stereocenters. The zero-order valence-electron chi connectivity index (χ0n) is 17.3. The molecule has 0 saturated heterocycles. The number of nitrogens with zero attached hydrogens (tertiary/aromatic N) is 2. The molecule has 2 aromatic carbocycles. The number of fused-ring (bicyclic) bond motifs is 1. The lowest BCUT2D eigenvalue weighted by molar-refractivity contribution is -0.385. The van der Waals surface area contributed by atoms with E-state index in [9.17, 15) is 14.9 Å². The van der Waals surface area contributed by atoms with Gasteiger partial charge in [0.1, 0.15) is 18.8 Å². The normalized spacial score (nSPS) is 13.7. The minimum Gasteiger partial charge on any atom is -0.486 e. The molecule has 0 radical (unpaired) electrons. The highest BCUT2D eigenvalue weighted by Crippen LogP contribution is 2.36. The fraction of sp³-hybridized carbons (Fsp3) is 0.409. The van der Waals surface area contributed by atoms with Crippen LogP contribution in [0, 0.1) is 10.1 Å². The van der Waals surface area contributed by atoms with Crippen LogP contribution in [0.3, 0.4) is 0 Å². The molecule has 0 aliphatic carbocycles. The van der Waals surface area contributed by atoms with Crippen molar-refractivity contribution in [2.24, 2.45) is 0 Å². The van der Waals surface area contributed by atoms with E-state index in [4.69, 9.17) is 9.47 Å². The molecule has 0 bridgehead atoms. The van der Waals surface area contributed by atoms with Crippen LogP contribution in [0.5, 0.6) is 11.5 Å². The summed E-state index contributed by atoms with van der Waals surface area (Å²) in [6.45, 7) is 6.88. The Kier molecular flexibility index (Phi) is 7.24. The molecule has 0 saturated carbocycles. The average Bonchev–Trinajstić information content (AvgIpc) is 2.77. The highest BCUT2D eigenvalue weighted by Gasteiger charge is 2.27. The SMILES string of the molecule is CCN(CC)C(CNC(=O)c1cc2c(cc1[N+](=O)[O-])OCCO2)Cc1ccccc1. The molecule has 1 aliphatic rings. The Morgan fingerprint density at radius 1 is 1.13 bits per heavy atom. The highest BCUT2D eigenvalue weighted by atomic mass is 16.6. The number of likely N-dealkylation sites (N-methyl/N-ethyl adjacent to an activating group) is 1. The number of amides is 1. The number of benzene rings is 2. The molecule has 1 aliphatic heterocycles. The summed E-state index contributed by atoms with van der Waals surface area (Å²) in [5.41, 5.74) is 0.857. The summed E-state index contributed by atoms with van der Waals surface area (Å²) in [4.78, 5) is 26.1. The predicted molar refractivity (Wildman–Crippen MR) is 113 cm³/mol. The van der Waals surface area contributed by atoms with Crippen LogP contribution < -0.4 is 14.8 Å². The minimum absolute atomic E-state index is 0.0257. The molecule has 0 aromatic heterocycles. The maximum atomic E-state index is 12.9. The highest BCUT2D eigenvalue weighted by molar-refractivity contribution is 5.99. The fourth-order valence-electron chi connectivity index (χ4n) is 3.67. The molecule has 1 amide bonds. The summed E-state index contributed by atoms with van der Waals surface area (Å²) < 4.78 is 10.9. The zero-order valence-corrected chi connectivity index (χ0v) is 17.3. The first kappa shape index (κ1) is 21.6. The Hall–Kier alpha value is -3.13. The fourth-order valence-corrected chi connectivity index (χ4v) is 3.67. The Morgan fingerprint density at radius 3 is 2.37 bits per heavy atom. The van der Waals surface area contributed by atoms with Gasteiger partial charge in [-0.1, -0.05) is 44.2 Å². The van der Waals surface area contributed by atoms with Gasteiger partial charge in [0.2, 0.25) is 0 Å². The van der Waals surface area contributed by atoms with Gasteiger partial charge in [-0.3, -0.25) is 19.8 Å². The number of nitrogens with one attached hydrogen (secondary N) is 1. The molecule has 160 valence electrons. The molecule has 8 nitrogen and oxygen atoms in total. The van der Waals surface area contributed by atoms with Gasteiger partial charge < -0.3 is 14.8 Å². The van der Waals surface area contributed by atoms with Gasteiger partial charge in [-0.15, -0.1) is 0 Å². The van der Waals surface area contributed by atoms with Crippen molar-refractivity contribution in [3.05, 3.63) is 63.7 Å². The average molecular weight is 413 g/mol. The molecule has 3 rings (SSSR count). The molecular formula is C22H27N3O5. The van der Waals surface area contributed by atoms with E-state index in [0.29, 0.717) is 25.5 Å². The van der Waals surface area contributed by atoms with E-state index >= 15 is 0 Å². The van der Waals surface area contributed by atoms with Crippen molar-refractivity contribution in [2.45, 2.75) is 26.3 Å². The van der Waals surface area contributed by atoms with Crippen molar-refractivity contribution in [2.75, 3.05) is 32.8 Å². The monoisotopic (exact) mass is 413 g/mol. The van der Waals surface area contributed by atoms with Crippen molar-refractivity contribution in [1.29, 1.82) is 0 Å². The van der Waals surface area contributed by atoms with Gasteiger partial charge in [0.15, 0.2) is 11.5 Å². The van der Waals surface area contributed by atoms with Crippen LogP contribution in [-0.4, -0.2) is 54.6 Å². The summed E-state index contributed by atoms with van der Waals surface area (Å²) in [6, 6.07) is 12.8. The van der Waals surface area contributed by atoms with E-state index in [1.165, 1.54) is 17.7 Å². The second-order valence-corrected chi connectivity index (χ2v) is 7.04. The smallest absolute Gasteiger partial charge is 0.286 e. The van der Waals surface area contributed by atoms with Crippen molar-refractivity contribution < 1.29 is 19.2 Å². The van der Waals surface area contributed by atoms with Crippen LogP contribution in [0.15, 0.2) is 42.5 Å². The standard InChI is InChI=1S/C22H27N3O5/c1-3-24(4-2)17(12-16-8-6-5-7-9-16)15-23-22(26)18-13-20-21(30-11-10-29-20)14-19(18)25(27)28/h5-9,13-14,17H,3-4,10-12,15H2,1-2H3,(H,23,26). The minimum atomic E-state index is -0.570. The van der Waals surface area contributed by atoms with Crippen LogP contribution in [-0.2, 0) is 6.42 Å². The van der Waals surface area contributed by atoms with Crippen molar-refractivity contribution in [3.63, 3.8) is 0 Å². The van der Waals surface area contributed by atoms with E-state index < -0.39 is 10.8 Å². The lowest BCUT2D eigenvalue weighted by Crippen LogP contribution is -2.45. The molecule has 1 N–H and O–H groups in total. The van der Waals surface area contributed by atoms with Gasteiger partial charge >= 0.3 is 0 Å². The summed E-state index contributed by atoms with van der Waals surface area (Å²) in [7, 11) is 0. The third-order valence-electron chi connectivity index (χ3n) is 5.24. The number of carbonyl (C=O) groups excluding carboxylic acids is 1. The van der Waals surface area contributed by atoms with Gasteiger partial charge in [0.05, 0.1) is 11.0 Å². The van der Waals surface area contributed by atoms with Gasteiger partial charge in [0.25, 0.3) is 11.6 Å². The summed E-state index contributed by atoms with van der Waals surface area (Å²) in [5.74, 6) is 0.139. The Labute approximate surface area is 175 Å². The van der Waals surface area contributed by atoms with Crippen molar-refractivity contribution in [3.8, 4) is 11.5 Å². The van der Waals surface area contributed by atoms with E-state index in [0.717, 1.165) is 19.5 Å². The zero-order chi connectivity index (χ0) is 21.5. The number of hydrogen-bond acceptors (Lipinski definition) is 6. The Balaban J connectivity index is 1.78. The number of hydrogen-bond donors (Lipinski definition) is 1. The molecule has 2 aromatic rings. The van der Waals surface area contributed by atoms with Gasteiger partial charge in [-0.2, -0.15) is 0 Å². The first-order chi connectivity index (χ1) is 14.5. The largest absolute Gasteiger partial charge is 0.486 e. The number of nitro groups is 1. The molecule has 8 heteroatoms. The Bertz CT molecular complexity index is 884. The molecule has 30 heavy (non-hydrogen) atoms. The second kappa shape index (κ2) is 10.1. The van der Waals surface area contributed by atoms with Crippen LogP contribution in [0.1, 0.15) is 29.8 Å². The lowest BCUT2D eigenvalue weighted by Gasteiger charge is -2.30. The van der Waals surface area contributed by atoms with Crippen LogP contribution >= 0.6 is 0 Å².